The maximum Gasteiger partial charge on any atom is 0.136 e. The summed E-state index contributed by atoms with van der Waals surface area (Å²) in [5, 5.41) is 0. The van der Waals surface area contributed by atoms with Crippen molar-refractivity contribution in [1.29, 1.82) is 0 Å². The zero-order valence-electron chi connectivity index (χ0n) is 16.9. The van der Waals surface area contributed by atoms with Gasteiger partial charge in [0.25, 0.3) is 0 Å². The Morgan fingerprint density at radius 1 is 0.667 bits per heavy atom. The summed E-state index contributed by atoms with van der Waals surface area (Å²) < 4.78 is 0. The Balaban J connectivity index is 4.02. The number of carbonyl (C=O) groups excluding carboxylic acids is 1. The van der Waals surface area contributed by atoms with E-state index in [1.807, 2.05) is 6.92 Å². The van der Waals surface area contributed by atoms with Gasteiger partial charge in [0, 0.05) is 12.8 Å². The predicted molar refractivity (Wildman–Crippen MR) is 108 cm³/mol. The van der Waals surface area contributed by atoms with Crippen LogP contribution in [0.4, 0.5) is 0 Å². The minimum atomic E-state index is 0.327. The van der Waals surface area contributed by atoms with Crippen LogP contribution >= 0.6 is 0 Å². The fourth-order valence-electron chi connectivity index (χ4n) is 2.42. The predicted octanol–water partition coefficient (Wildman–Crippen LogP) is 7.50. The van der Waals surface area contributed by atoms with E-state index in [1.165, 1.54) is 28.7 Å². The van der Waals surface area contributed by atoms with Crippen molar-refractivity contribution in [3.05, 3.63) is 46.6 Å². The number of Topliss-reactive ketones (excluding diaryl/α,β-unsaturated/α-hetero) is 1. The lowest BCUT2D eigenvalue weighted by molar-refractivity contribution is -0.117. The second-order valence-corrected chi connectivity index (χ2v) is 7.15. The number of ketones is 1. The van der Waals surface area contributed by atoms with E-state index in [9.17, 15) is 4.79 Å². The van der Waals surface area contributed by atoms with E-state index < -0.39 is 0 Å². The monoisotopic (exact) mass is 330 g/mol. The van der Waals surface area contributed by atoms with Gasteiger partial charge in [-0.15, -0.1) is 0 Å². The SMILES string of the molecule is CCC(=O)CC=C(C)CCC=C(C)CCC=C(C)CCC=C(C)C. The van der Waals surface area contributed by atoms with E-state index in [0.29, 0.717) is 18.6 Å². The van der Waals surface area contributed by atoms with Crippen LogP contribution in [0.1, 0.15) is 92.9 Å². The first-order valence-electron chi connectivity index (χ1n) is 9.47. The van der Waals surface area contributed by atoms with Gasteiger partial charge in [0.1, 0.15) is 5.78 Å². The molecule has 0 N–H and O–H groups in total. The maximum absolute atomic E-state index is 11.3. The molecule has 0 fully saturated rings. The number of hydrogen-bond acceptors (Lipinski definition) is 1. The Morgan fingerprint density at radius 3 is 1.50 bits per heavy atom. The molecule has 0 rings (SSSR count). The van der Waals surface area contributed by atoms with E-state index in [2.05, 4.69) is 58.9 Å². The molecule has 0 aromatic rings. The molecule has 24 heavy (non-hydrogen) atoms. The number of rotatable bonds is 12. The summed E-state index contributed by atoms with van der Waals surface area (Å²) in [7, 11) is 0. The third-order valence-electron chi connectivity index (χ3n) is 4.23. The molecular formula is C23H38O. The molecule has 0 heterocycles. The molecule has 0 aliphatic rings. The van der Waals surface area contributed by atoms with Crippen molar-refractivity contribution in [2.75, 3.05) is 0 Å². The fourth-order valence-corrected chi connectivity index (χ4v) is 2.42. The van der Waals surface area contributed by atoms with Crippen LogP contribution in [0.2, 0.25) is 0 Å². The molecule has 0 bridgehead atoms. The van der Waals surface area contributed by atoms with Gasteiger partial charge in [0.05, 0.1) is 0 Å². The first kappa shape index (κ1) is 22.6. The lowest BCUT2D eigenvalue weighted by Gasteiger charge is -2.02. The van der Waals surface area contributed by atoms with Crippen molar-refractivity contribution in [3.63, 3.8) is 0 Å². The van der Waals surface area contributed by atoms with Crippen LogP contribution < -0.4 is 0 Å². The molecule has 0 saturated heterocycles. The van der Waals surface area contributed by atoms with Crippen LogP contribution in [0.15, 0.2) is 46.6 Å². The first-order valence-corrected chi connectivity index (χ1v) is 9.47. The van der Waals surface area contributed by atoms with Gasteiger partial charge >= 0.3 is 0 Å². The molecule has 0 aliphatic carbocycles. The van der Waals surface area contributed by atoms with Crippen LogP contribution in [-0.4, -0.2) is 5.78 Å². The van der Waals surface area contributed by atoms with Gasteiger partial charge in [0.15, 0.2) is 0 Å². The van der Waals surface area contributed by atoms with E-state index >= 15 is 0 Å². The van der Waals surface area contributed by atoms with Crippen LogP contribution in [0.5, 0.6) is 0 Å². The van der Waals surface area contributed by atoms with Gasteiger partial charge in [-0.1, -0.05) is 53.5 Å². The molecule has 0 unspecified atom stereocenters. The summed E-state index contributed by atoms with van der Waals surface area (Å²) in [6.07, 6.45) is 17.2. The Bertz CT molecular complexity index is 482. The van der Waals surface area contributed by atoms with Crippen LogP contribution in [0, 0.1) is 0 Å². The van der Waals surface area contributed by atoms with Crippen LogP contribution in [0.3, 0.4) is 0 Å². The second-order valence-electron chi connectivity index (χ2n) is 7.15. The standard InChI is InChI=1S/C23H38O/c1-7-23(24)18-17-22(6)16-10-15-21(5)14-9-13-20(4)12-8-11-19(2)3/h11,13,15,17H,7-10,12,14,16,18H2,1-6H3. The van der Waals surface area contributed by atoms with Crippen molar-refractivity contribution < 1.29 is 4.79 Å². The van der Waals surface area contributed by atoms with E-state index in [4.69, 9.17) is 0 Å². The zero-order chi connectivity index (χ0) is 18.4. The summed E-state index contributed by atoms with van der Waals surface area (Å²) in [4.78, 5) is 11.3. The lowest BCUT2D eigenvalue weighted by atomic mass is 10.0. The second kappa shape index (κ2) is 14.0. The zero-order valence-corrected chi connectivity index (χ0v) is 16.9. The molecule has 1 nitrogen and oxygen atoms in total. The first-order chi connectivity index (χ1) is 11.3. The number of carbonyl (C=O) groups is 1. The summed E-state index contributed by atoms with van der Waals surface area (Å²) in [6, 6.07) is 0. The van der Waals surface area contributed by atoms with Crippen LogP contribution in [0.25, 0.3) is 0 Å². The summed E-state index contributed by atoms with van der Waals surface area (Å²) in [5.74, 6) is 0.327. The molecule has 0 spiro atoms. The summed E-state index contributed by atoms with van der Waals surface area (Å²) in [5.41, 5.74) is 5.71. The lowest BCUT2D eigenvalue weighted by Crippen LogP contribution is -1.92. The highest BCUT2D eigenvalue weighted by molar-refractivity contribution is 5.79. The quantitative estimate of drug-likeness (QED) is 0.338. The van der Waals surface area contributed by atoms with Gasteiger partial charge in [0.2, 0.25) is 0 Å². The molecule has 0 radical (unpaired) electrons. The molecule has 0 amide bonds. The van der Waals surface area contributed by atoms with E-state index in [0.717, 1.165) is 32.1 Å². The fraction of sp³-hybridized carbons (Fsp3) is 0.609. The molecule has 0 aromatic heterocycles. The van der Waals surface area contributed by atoms with Crippen molar-refractivity contribution in [3.8, 4) is 0 Å². The van der Waals surface area contributed by atoms with Gasteiger partial charge in [-0.3, -0.25) is 4.79 Å². The molecule has 1 heteroatoms. The van der Waals surface area contributed by atoms with Gasteiger partial charge in [-0.25, -0.2) is 0 Å². The smallest absolute Gasteiger partial charge is 0.136 e. The Labute approximate surface area is 150 Å². The van der Waals surface area contributed by atoms with Gasteiger partial charge in [-0.2, -0.15) is 0 Å². The normalized spacial score (nSPS) is 13.2. The van der Waals surface area contributed by atoms with Gasteiger partial charge < -0.3 is 0 Å². The molecule has 0 aromatic carbocycles. The van der Waals surface area contributed by atoms with Crippen LogP contribution in [-0.2, 0) is 4.79 Å². The Morgan fingerprint density at radius 2 is 1.08 bits per heavy atom. The molecule has 0 atom stereocenters. The topological polar surface area (TPSA) is 17.1 Å². The van der Waals surface area contributed by atoms with E-state index in [1.54, 1.807) is 0 Å². The average molecular weight is 331 g/mol. The maximum atomic E-state index is 11.3. The van der Waals surface area contributed by atoms with Crippen molar-refractivity contribution in [2.24, 2.45) is 0 Å². The highest BCUT2D eigenvalue weighted by Crippen LogP contribution is 2.13. The molecule has 0 aliphatic heterocycles. The summed E-state index contributed by atoms with van der Waals surface area (Å²) >= 11 is 0. The third-order valence-corrected chi connectivity index (χ3v) is 4.23. The largest absolute Gasteiger partial charge is 0.299 e. The van der Waals surface area contributed by atoms with Crippen molar-refractivity contribution in [1.82, 2.24) is 0 Å². The Kier molecular flexibility index (Phi) is 13.2. The molecule has 0 saturated carbocycles. The summed E-state index contributed by atoms with van der Waals surface area (Å²) in [6.45, 7) is 12.8. The highest BCUT2D eigenvalue weighted by atomic mass is 16.1. The van der Waals surface area contributed by atoms with E-state index in [-0.39, 0.29) is 0 Å². The minimum Gasteiger partial charge on any atom is -0.299 e. The third kappa shape index (κ3) is 14.2. The Hall–Kier alpha value is -1.37. The van der Waals surface area contributed by atoms with Crippen molar-refractivity contribution in [2.45, 2.75) is 92.9 Å². The average Bonchev–Trinajstić information content (AvgIpc) is 2.52. The molecule has 136 valence electrons. The highest BCUT2D eigenvalue weighted by Gasteiger charge is 1.96. The number of allylic oxidation sites excluding steroid dienone is 8. The minimum absolute atomic E-state index is 0.327. The number of hydrogen-bond donors (Lipinski definition) is 0. The van der Waals surface area contributed by atoms with Gasteiger partial charge in [-0.05, 0) is 73.1 Å². The molecular weight excluding hydrogens is 292 g/mol. The van der Waals surface area contributed by atoms with Crippen molar-refractivity contribution >= 4 is 5.78 Å².